The number of piperidine rings is 1. The number of aryl methyl sites for hydroxylation is 2. The molecule has 0 spiro atoms. The van der Waals surface area contributed by atoms with Gasteiger partial charge in [0.2, 0.25) is 5.82 Å². The Balaban J connectivity index is 1.67. The summed E-state index contributed by atoms with van der Waals surface area (Å²) < 4.78 is 1.60. The van der Waals surface area contributed by atoms with Crippen molar-refractivity contribution < 1.29 is 9.72 Å². The molecule has 2 aromatic rings. The molecule has 1 N–H and O–H groups in total. The molecule has 2 heterocycles. The van der Waals surface area contributed by atoms with Crippen molar-refractivity contribution in [2.75, 3.05) is 18.0 Å². The summed E-state index contributed by atoms with van der Waals surface area (Å²) in [7, 11) is 1.74. The van der Waals surface area contributed by atoms with Crippen LogP contribution in [0.2, 0.25) is 0 Å². The summed E-state index contributed by atoms with van der Waals surface area (Å²) in [5, 5.41) is 18.8. The zero-order valence-corrected chi connectivity index (χ0v) is 15.0. The second kappa shape index (κ2) is 7.55. The molecule has 1 aromatic carbocycles. The maximum Gasteiger partial charge on any atom is 0.334 e. The number of amides is 1. The molecule has 1 saturated heterocycles. The van der Waals surface area contributed by atoms with E-state index in [1.807, 2.05) is 30.0 Å². The summed E-state index contributed by atoms with van der Waals surface area (Å²) in [5.41, 5.74) is 1.25. The van der Waals surface area contributed by atoms with Gasteiger partial charge in [-0.3, -0.25) is 14.9 Å². The van der Waals surface area contributed by atoms with Crippen molar-refractivity contribution in [1.29, 1.82) is 0 Å². The Morgan fingerprint density at radius 3 is 2.54 bits per heavy atom. The van der Waals surface area contributed by atoms with E-state index in [-0.39, 0.29) is 22.6 Å². The highest BCUT2D eigenvalue weighted by molar-refractivity contribution is 5.94. The van der Waals surface area contributed by atoms with E-state index in [0.717, 1.165) is 12.8 Å². The molecule has 0 atom stereocenters. The smallest absolute Gasteiger partial charge is 0.334 e. The summed E-state index contributed by atoms with van der Waals surface area (Å²) in [6, 6.07) is 9.19. The normalized spacial score (nSPS) is 15.1. The number of rotatable bonds is 5. The zero-order chi connectivity index (χ0) is 18.7. The predicted molar refractivity (Wildman–Crippen MR) is 98.4 cm³/mol. The summed E-state index contributed by atoms with van der Waals surface area (Å²) in [6.45, 7) is 3.15. The van der Waals surface area contributed by atoms with E-state index in [2.05, 4.69) is 10.4 Å². The molecule has 0 saturated carbocycles. The number of aromatic nitrogens is 2. The number of benzene rings is 1. The first-order chi connectivity index (χ1) is 12.5. The molecule has 1 aliphatic rings. The number of carbonyl (C=O) groups excluding carboxylic acids is 1. The van der Waals surface area contributed by atoms with Gasteiger partial charge in [0, 0.05) is 31.7 Å². The molecule has 3 rings (SSSR count). The predicted octanol–water partition coefficient (Wildman–Crippen LogP) is 2.29. The standard InChI is InChI=1S/C18H23N5O3/c1-3-15-16(23(25)26)18(21(2)20-15)22-11-9-14(10-12-22)19-17(24)13-7-5-4-6-8-13/h4-8,14H,3,9-12H2,1-2H3,(H,19,24). The number of nitrogens with zero attached hydrogens (tertiary/aromatic N) is 4. The van der Waals surface area contributed by atoms with Gasteiger partial charge < -0.3 is 10.2 Å². The molecule has 138 valence electrons. The molecule has 8 nitrogen and oxygen atoms in total. The number of hydrogen-bond donors (Lipinski definition) is 1. The number of hydrogen-bond acceptors (Lipinski definition) is 5. The first kappa shape index (κ1) is 17.9. The van der Waals surface area contributed by atoms with Crippen molar-refractivity contribution in [3.63, 3.8) is 0 Å². The molecular formula is C18H23N5O3. The van der Waals surface area contributed by atoms with Gasteiger partial charge in [0.05, 0.1) is 4.92 Å². The number of carbonyl (C=O) groups is 1. The van der Waals surface area contributed by atoms with E-state index >= 15 is 0 Å². The molecule has 26 heavy (non-hydrogen) atoms. The van der Waals surface area contributed by atoms with E-state index in [1.165, 1.54) is 0 Å². The Hall–Kier alpha value is -2.90. The third-order valence-electron chi connectivity index (χ3n) is 4.75. The maximum atomic E-state index is 12.3. The highest BCUT2D eigenvalue weighted by Crippen LogP contribution is 2.33. The third-order valence-corrected chi connectivity index (χ3v) is 4.75. The Morgan fingerprint density at radius 1 is 1.31 bits per heavy atom. The topological polar surface area (TPSA) is 93.3 Å². The minimum Gasteiger partial charge on any atom is -0.351 e. The minimum absolute atomic E-state index is 0.0666. The molecular weight excluding hydrogens is 334 g/mol. The lowest BCUT2D eigenvalue weighted by atomic mass is 10.0. The van der Waals surface area contributed by atoms with Gasteiger partial charge in [-0.2, -0.15) is 5.10 Å². The molecule has 8 heteroatoms. The zero-order valence-electron chi connectivity index (χ0n) is 15.0. The van der Waals surface area contributed by atoms with Crippen LogP contribution >= 0.6 is 0 Å². The third kappa shape index (κ3) is 3.54. The summed E-state index contributed by atoms with van der Waals surface area (Å²) in [6.07, 6.45) is 2.00. The quantitative estimate of drug-likeness (QED) is 0.654. The van der Waals surface area contributed by atoms with E-state index in [4.69, 9.17) is 0 Å². The Morgan fingerprint density at radius 2 is 1.96 bits per heavy atom. The average molecular weight is 357 g/mol. The fourth-order valence-corrected chi connectivity index (χ4v) is 3.43. The molecule has 1 aliphatic heterocycles. The first-order valence-corrected chi connectivity index (χ1v) is 8.82. The highest BCUT2D eigenvalue weighted by atomic mass is 16.6. The first-order valence-electron chi connectivity index (χ1n) is 8.82. The Bertz CT molecular complexity index is 795. The van der Waals surface area contributed by atoms with Crippen molar-refractivity contribution in [3.05, 3.63) is 51.7 Å². The molecule has 1 amide bonds. The van der Waals surface area contributed by atoms with E-state index in [0.29, 0.717) is 36.6 Å². The van der Waals surface area contributed by atoms with Gasteiger partial charge in [-0.25, -0.2) is 4.68 Å². The van der Waals surface area contributed by atoms with Crippen molar-refractivity contribution in [2.24, 2.45) is 7.05 Å². The lowest BCUT2D eigenvalue weighted by molar-refractivity contribution is -0.384. The van der Waals surface area contributed by atoms with Crippen LogP contribution in [0.25, 0.3) is 0 Å². The second-order valence-electron chi connectivity index (χ2n) is 6.45. The largest absolute Gasteiger partial charge is 0.351 e. The van der Waals surface area contributed by atoms with Crippen LogP contribution in [-0.2, 0) is 13.5 Å². The van der Waals surface area contributed by atoms with Crippen LogP contribution in [0.15, 0.2) is 30.3 Å². The summed E-state index contributed by atoms with van der Waals surface area (Å²) in [5.74, 6) is 0.475. The molecule has 1 aromatic heterocycles. The second-order valence-corrected chi connectivity index (χ2v) is 6.45. The van der Waals surface area contributed by atoms with Gasteiger partial charge in [-0.05, 0) is 31.4 Å². The Kier molecular flexibility index (Phi) is 5.20. The fourth-order valence-electron chi connectivity index (χ4n) is 3.43. The van der Waals surface area contributed by atoms with Crippen LogP contribution in [0, 0.1) is 10.1 Å². The molecule has 0 aliphatic carbocycles. The molecule has 0 bridgehead atoms. The van der Waals surface area contributed by atoms with E-state index < -0.39 is 0 Å². The van der Waals surface area contributed by atoms with Crippen molar-refractivity contribution >= 4 is 17.4 Å². The molecule has 1 fully saturated rings. The molecule has 0 unspecified atom stereocenters. The number of nitrogens with one attached hydrogen (secondary N) is 1. The lowest BCUT2D eigenvalue weighted by Crippen LogP contribution is -2.45. The fraction of sp³-hybridized carbons (Fsp3) is 0.444. The maximum absolute atomic E-state index is 12.3. The highest BCUT2D eigenvalue weighted by Gasteiger charge is 2.32. The lowest BCUT2D eigenvalue weighted by Gasteiger charge is -2.33. The minimum atomic E-state index is -0.343. The van der Waals surface area contributed by atoms with Crippen LogP contribution < -0.4 is 10.2 Å². The van der Waals surface area contributed by atoms with E-state index in [1.54, 1.807) is 23.9 Å². The van der Waals surface area contributed by atoms with Gasteiger partial charge in [0.25, 0.3) is 5.91 Å². The van der Waals surface area contributed by atoms with Crippen molar-refractivity contribution in [3.8, 4) is 0 Å². The van der Waals surface area contributed by atoms with Gasteiger partial charge in [0.15, 0.2) is 0 Å². The Labute approximate surface area is 151 Å². The number of nitro groups is 1. The van der Waals surface area contributed by atoms with E-state index in [9.17, 15) is 14.9 Å². The van der Waals surface area contributed by atoms with Crippen LogP contribution in [0.5, 0.6) is 0 Å². The average Bonchev–Trinajstić information content (AvgIpc) is 3.00. The van der Waals surface area contributed by atoms with Gasteiger partial charge in [-0.1, -0.05) is 25.1 Å². The SMILES string of the molecule is CCc1nn(C)c(N2CCC(NC(=O)c3ccccc3)CC2)c1[N+](=O)[O-]. The van der Waals surface area contributed by atoms with Gasteiger partial charge in [0.1, 0.15) is 5.69 Å². The summed E-state index contributed by atoms with van der Waals surface area (Å²) in [4.78, 5) is 25.4. The number of anilines is 1. The van der Waals surface area contributed by atoms with Gasteiger partial charge in [-0.15, -0.1) is 0 Å². The van der Waals surface area contributed by atoms with Crippen molar-refractivity contribution in [1.82, 2.24) is 15.1 Å². The molecule has 0 radical (unpaired) electrons. The van der Waals surface area contributed by atoms with Gasteiger partial charge >= 0.3 is 5.69 Å². The van der Waals surface area contributed by atoms with Crippen LogP contribution in [0.3, 0.4) is 0 Å². The van der Waals surface area contributed by atoms with Crippen LogP contribution in [-0.4, -0.2) is 39.7 Å². The van der Waals surface area contributed by atoms with Crippen LogP contribution in [0.1, 0.15) is 35.8 Å². The summed E-state index contributed by atoms with van der Waals surface area (Å²) >= 11 is 0. The van der Waals surface area contributed by atoms with Crippen LogP contribution in [0.4, 0.5) is 11.5 Å². The van der Waals surface area contributed by atoms with Crippen molar-refractivity contribution in [2.45, 2.75) is 32.2 Å². The monoisotopic (exact) mass is 357 g/mol.